The topological polar surface area (TPSA) is 55.9 Å². The number of halogens is 1. The molecule has 0 aliphatic rings. The molecule has 2 aromatic heterocycles. The molecule has 5 nitrogen and oxygen atoms in total. The lowest BCUT2D eigenvalue weighted by Crippen LogP contribution is -2.11. The van der Waals surface area contributed by atoms with Crippen molar-refractivity contribution in [1.29, 1.82) is 0 Å². The minimum absolute atomic E-state index is 0.631. The van der Waals surface area contributed by atoms with Crippen LogP contribution in [0.4, 0.5) is 0 Å². The number of hydrogen-bond donors (Lipinski definition) is 1. The number of nitrogens with zero attached hydrogens (tertiary/aromatic N) is 4. The molecule has 1 unspecified atom stereocenters. The Labute approximate surface area is 108 Å². The van der Waals surface area contributed by atoms with Crippen LogP contribution < -0.4 is 0 Å². The van der Waals surface area contributed by atoms with Gasteiger partial charge in [0.2, 0.25) is 0 Å². The minimum Gasteiger partial charge on any atom is -0.380 e. The molecule has 0 amide bonds. The van der Waals surface area contributed by atoms with Gasteiger partial charge in [0.25, 0.3) is 0 Å². The SMILES string of the molecule is CCCn1ncc(Br)c1C(O)c1ccn(C)n1. The monoisotopic (exact) mass is 298 g/mol. The normalized spacial score (nSPS) is 12.9. The molecule has 0 bridgehead atoms. The Balaban J connectivity index is 2.35. The molecule has 0 fully saturated rings. The minimum atomic E-state index is -0.750. The van der Waals surface area contributed by atoms with E-state index in [9.17, 15) is 5.11 Å². The summed E-state index contributed by atoms with van der Waals surface area (Å²) in [5, 5.41) is 18.8. The van der Waals surface area contributed by atoms with E-state index in [-0.39, 0.29) is 0 Å². The second-order valence-electron chi connectivity index (χ2n) is 3.92. The average molecular weight is 299 g/mol. The van der Waals surface area contributed by atoms with E-state index >= 15 is 0 Å². The summed E-state index contributed by atoms with van der Waals surface area (Å²) < 4.78 is 4.29. The van der Waals surface area contributed by atoms with Crippen LogP contribution in [-0.2, 0) is 13.6 Å². The predicted octanol–water partition coefficient (Wildman–Crippen LogP) is 1.87. The van der Waals surface area contributed by atoms with Gasteiger partial charge in [-0.15, -0.1) is 0 Å². The Morgan fingerprint density at radius 2 is 2.29 bits per heavy atom. The van der Waals surface area contributed by atoms with Gasteiger partial charge in [-0.3, -0.25) is 9.36 Å². The summed E-state index contributed by atoms with van der Waals surface area (Å²) in [7, 11) is 1.83. The van der Waals surface area contributed by atoms with E-state index in [1.807, 2.05) is 17.9 Å². The van der Waals surface area contributed by atoms with Crippen LogP contribution in [-0.4, -0.2) is 24.7 Å². The molecule has 0 aliphatic carbocycles. The summed E-state index contributed by atoms with van der Waals surface area (Å²) >= 11 is 3.41. The molecule has 2 heterocycles. The first-order valence-electron chi connectivity index (χ1n) is 5.52. The average Bonchev–Trinajstić information content (AvgIpc) is 2.86. The maximum Gasteiger partial charge on any atom is 0.140 e. The third kappa shape index (κ3) is 2.42. The van der Waals surface area contributed by atoms with Crippen LogP contribution in [0.1, 0.15) is 30.8 Å². The fourth-order valence-electron chi connectivity index (χ4n) is 1.75. The first kappa shape index (κ1) is 12.3. The largest absolute Gasteiger partial charge is 0.380 e. The Morgan fingerprint density at radius 1 is 1.53 bits per heavy atom. The van der Waals surface area contributed by atoms with Crippen molar-refractivity contribution < 1.29 is 5.11 Å². The first-order valence-corrected chi connectivity index (χ1v) is 6.31. The van der Waals surface area contributed by atoms with Gasteiger partial charge in [-0.25, -0.2) is 0 Å². The Hall–Kier alpha value is -1.14. The Bertz CT molecular complexity index is 505. The van der Waals surface area contributed by atoms with Crippen molar-refractivity contribution in [3.63, 3.8) is 0 Å². The quantitative estimate of drug-likeness (QED) is 0.937. The zero-order valence-electron chi connectivity index (χ0n) is 9.84. The van der Waals surface area contributed by atoms with Crippen molar-refractivity contribution >= 4 is 15.9 Å². The number of aryl methyl sites for hydroxylation is 2. The van der Waals surface area contributed by atoms with Crippen molar-refractivity contribution in [1.82, 2.24) is 19.6 Å². The maximum atomic E-state index is 10.3. The van der Waals surface area contributed by atoms with E-state index in [2.05, 4.69) is 33.1 Å². The molecule has 17 heavy (non-hydrogen) atoms. The summed E-state index contributed by atoms with van der Waals surface area (Å²) in [6.45, 7) is 2.86. The van der Waals surface area contributed by atoms with Crippen molar-refractivity contribution in [2.24, 2.45) is 7.05 Å². The third-order valence-electron chi connectivity index (χ3n) is 2.54. The van der Waals surface area contributed by atoms with Gasteiger partial charge in [-0.2, -0.15) is 10.2 Å². The van der Waals surface area contributed by atoms with E-state index < -0.39 is 6.10 Å². The highest BCUT2D eigenvalue weighted by Gasteiger charge is 2.21. The lowest BCUT2D eigenvalue weighted by molar-refractivity contribution is 0.201. The molecule has 2 aromatic rings. The molecular formula is C11H15BrN4O. The predicted molar refractivity (Wildman–Crippen MR) is 67.5 cm³/mol. The molecule has 6 heteroatoms. The molecule has 0 radical (unpaired) electrons. The number of aliphatic hydroxyl groups is 1. The van der Waals surface area contributed by atoms with Crippen LogP contribution in [0.5, 0.6) is 0 Å². The summed E-state index contributed by atoms with van der Waals surface area (Å²) in [4.78, 5) is 0. The van der Waals surface area contributed by atoms with Gasteiger partial charge in [0, 0.05) is 19.8 Å². The van der Waals surface area contributed by atoms with Gasteiger partial charge in [-0.1, -0.05) is 6.92 Å². The van der Waals surface area contributed by atoms with Gasteiger partial charge >= 0.3 is 0 Å². The van der Waals surface area contributed by atoms with Crippen molar-refractivity contribution in [3.8, 4) is 0 Å². The molecule has 1 N–H and O–H groups in total. The van der Waals surface area contributed by atoms with Crippen molar-refractivity contribution in [3.05, 3.63) is 34.3 Å². The third-order valence-corrected chi connectivity index (χ3v) is 3.15. The summed E-state index contributed by atoms with van der Waals surface area (Å²) in [5.41, 5.74) is 1.39. The molecule has 0 spiro atoms. The number of aliphatic hydroxyl groups excluding tert-OH is 1. The zero-order chi connectivity index (χ0) is 12.4. The molecule has 0 saturated carbocycles. The first-order chi connectivity index (χ1) is 8.13. The highest BCUT2D eigenvalue weighted by atomic mass is 79.9. The van der Waals surface area contributed by atoms with E-state index in [0.29, 0.717) is 5.69 Å². The van der Waals surface area contributed by atoms with Crippen LogP contribution in [0.2, 0.25) is 0 Å². The lowest BCUT2D eigenvalue weighted by Gasteiger charge is -2.11. The fourth-order valence-corrected chi connectivity index (χ4v) is 2.27. The Morgan fingerprint density at radius 3 is 2.88 bits per heavy atom. The van der Waals surface area contributed by atoms with Crippen LogP contribution in [0, 0.1) is 0 Å². The van der Waals surface area contributed by atoms with Crippen LogP contribution in [0.3, 0.4) is 0 Å². The summed E-state index contributed by atoms with van der Waals surface area (Å²) in [6.07, 6.45) is 3.74. The van der Waals surface area contributed by atoms with Gasteiger partial charge in [-0.05, 0) is 28.4 Å². The zero-order valence-corrected chi connectivity index (χ0v) is 11.4. The number of aromatic nitrogens is 4. The number of rotatable bonds is 4. The smallest absolute Gasteiger partial charge is 0.140 e. The molecule has 2 rings (SSSR count). The second kappa shape index (κ2) is 5.01. The molecule has 1 atom stereocenters. The molecule has 0 aliphatic heterocycles. The van der Waals surface area contributed by atoms with E-state index in [1.165, 1.54) is 0 Å². The summed E-state index contributed by atoms with van der Waals surface area (Å²) in [6, 6.07) is 1.81. The van der Waals surface area contributed by atoms with Crippen LogP contribution in [0.15, 0.2) is 22.9 Å². The van der Waals surface area contributed by atoms with Crippen molar-refractivity contribution in [2.75, 3.05) is 0 Å². The molecular weight excluding hydrogens is 284 g/mol. The van der Waals surface area contributed by atoms with Gasteiger partial charge < -0.3 is 5.11 Å². The highest BCUT2D eigenvalue weighted by Crippen LogP contribution is 2.27. The van der Waals surface area contributed by atoms with Crippen molar-refractivity contribution in [2.45, 2.75) is 26.0 Å². The van der Waals surface area contributed by atoms with E-state index in [1.54, 1.807) is 16.9 Å². The molecule has 92 valence electrons. The van der Waals surface area contributed by atoms with E-state index in [0.717, 1.165) is 23.1 Å². The second-order valence-corrected chi connectivity index (χ2v) is 4.77. The molecule has 0 aromatic carbocycles. The lowest BCUT2D eigenvalue weighted by atomic mass is 10.2. The van der Waals surface area contributed by atoms with E-state index in [4.69, 9.17) is 0 Å². The fraction of sp³-hybridized carbons (Fsp3) is 0.455. The maximum absolute atomic E-state index is 10.3. The van der Waals surface area contributed by atoms with Crippen LogP contribution in [0.25, 0.3) is 0 Å². The van der Waals surface area contributed by atoms with Gasteiger partial charge in [0.1, 0.15) is 6.10 Å². The molecule has 0 saturated heterocycles. The van der Waals surface area contributed by atoms with Gasteiger partial charge in [0.15, 0.2) is 0 Å². The summed E-state index contributed by atoms with van der Waals surface area (Å²) in [5.74, 6) is 0. The van der Waals surface area contributed by atoms with Gasteiger partial charge in [0.05, 0.1) is 22.1 Å². The van der Waals surface area contributed by atoms with Crippen LogP contribution >= 0.6 is 15.9 Å². The highest BCUT2D eigenvalue weighted by molar-refractivity contribution is 9.10. The Kier molecular flexibility index (Phi) is 3.63. The standard InChI is InChI=1S/C11H15BrN4O/c1-3-5-16-10(8(12)7-13-16)11(17)9-4-6-15(2)14-9/h4,6-7,11,17H,3,5H2,1-2H3. The number of hydrogen-bond acceptors (Lipinski definition) is 3.